The van der Waals surface area contributed by atoms with E-state index < -0.39 is 28.5 Å². The molecule has 3 rings (SSSR count). The predicted molar refractivity (Wildman–Crippen MR) is 159 cm³/mol. The number of nitrogens with zero attached hydrogens (tertiary/aromatic N) is 2. The Morgan fingerprint density at radius 3 is 2.21 bits per heavy atom. The molecule has 208 valence electrons. The van der Waals surface area contributed by atoms with Crippen LogP contribution in [0, 0.1) is 13.8 Å². The Morgan fingerprint density at radius 1 is 0.949 bits per heavy atom. The van der Waals surface area contributed by atoms with E-state index >= 15 is 0 Å². The van der Waals surface area contributed by atoms with E-state index in [0.29, 0.717) is 16.6 Å². The summed E-state index contributed by atoms with van der Waals surface area (Å²) in [4.78, 5) is 28.9. The van der Waals surface area contributed by atoms with E-state index in [0.717, 1.165) is 21.0 Å². The number of halogens is 1. The van der Waals surface area contributed by atoms with E-state index in [1.807, 2.05) is 58.9 Å². The zero-order valence-corrected chi connectivity index (χ0v) is 25.4. The quantitative estimate of drug-likeness (QED) is 0.305. The minimum absolute atomic E-state index is 0.0796. The lowest BCUT2D eigenvalue weighted by Gasteiger charge is -2.34. The molecular formula is C30H36BrN3O4S. The Labute approximate surface area is 240 Å². The van der Waals surface area contributed by atoms with Gasteiger partial charge >= 0.3 is 0 Å². The highest BCUT2D eigenvalue weighted by atomic mass is 79.9. The van der Waals surface area contributed by atoms with Crippen molar-refractivity contribution < 1.29 is 18.0 Å². The summed E-state index contributed by atoms with van der Waals surface area (Å²) in [7, 11) is -4.10. The van der Waals surface area contributed by atoms with Gasteiger partial charge in [-0.1, -0.05) is 70.9 Å². The third-order valence-electron chi connectivity index (χ3n) is 6.40. The number of rotatable bonds is 11. The Kier molecular flexibility index (Phi) is 10.3. The molecule has 3 aromatic carbocycles. The first-order valence-electron chi connectivity index (χ1n) is 12.9. The summed E-state index contributed by atoms with van der Waals surface area (Å²) in [5.74, 6) is -0.746. The van der Waals surface area contributed by atoms with Crippen molar-refractivity contribution >= 4 is 43.5 Å². The van der Waals surface area contributed by atoms with Gasteiger partial charge in [0.2, 0.25) is 11.8 Å². The van der Waals surface area contributed by atoms with E-state index in [9.17, 15) is 18.0 Å². The SMILES string of the molecule is CCC(C(=O)NC(C)C)N(Cc1ccccc1C)C(=O)CN(c1cccc(Br)c1)S(=O)(=O)c1ccc(C)cc1. The molecule has 0 spiro atoms. The van der Waals surface area contributed by atoms with Gasteiger partial charge in [-0.2, -0.15) is 0 Å². The number of hydrogen-bond acceptors (Lipinski definition) is 4. The first-order valence-corrected chi connectivity index (χ1v) is 15.2. The standard InChI is InChI=1S/C30H36BrN3O4S/c1-6-28(30(36)32-21(2)3)33(19-24-11-8-7-10-23(24)5)29(35)20-34(26-13-9-12-25(31)18-26)39(37,38)27-16-14-22(4)15-17-27/h7-18,21,28H,6,19-20H2,1-5H3,(H,32,36). The van der Waals surface area contributed by atoms with Crippen LogP contribution in [0.1, 0.15) is 43.9 Å². The highest BCUT2D eigenvalue weighted by Gasteiger charge is 2.34. The maximum atomic E-state index is 14.1. The molecule has 1 atom stereocenters. The number of carbonyl (C=O) groups excluding carboxylic acids is 2. The number of anilines is 1. The van der Waals surface area contributed by atoms with Crippen molar-refractivity contribution in [1.29, 1.82) is 0 Å². The fourth-order valence-electron chi connectivity index (χ4n) is 4.27. The van der Waals surface area contributed by atoms with Crippen LogP contribution >= 0.6 is 15.9 Å². The van der Waals surface area contributed by atoms with Crippen molar-refractivity contribution in [3.05, 3.63) is 94.0 Å². The zero-order valence-electron chi connectivity index (χ0n) is 23.0. The molecule has 1 N–H and O–H groups in total. The van der Waals surface area contributed by atoms with Crippen LogP contribution in [0.3, 0.4) is 0 Å². The lowest BCUT2D eigenvalue weighted by atomic mass is 10.1. The first kappa shape index (κ1) is 30.4. The van der Waals surface area contributed by atoms with Crippen molar-refractivity contribution in [3.8, 4) is 0 Å². The lowest BCUT2D eigenvalue weighted by Crippen LogP contribution is -2.53. The molecule has 1 unspecified atom stereocenters. The van der Waals surface area contributed by atoms with E-state index in [-0.39, 0.29) is 23.4 Å². The van der Waals surface area contributed by atoms with Crippen LogP contribution in [-0.4, -0.2) is 43.8 Å². The maximum absolute atomic E-state index is 14.1. The summed E-state index contributed by atoms with van der Waals surface area (Å²) in [6, 6.07) is 20.1. The van der Waals surface area contributed by atoms with Gasteiger partial charge in [0.05, 0.1) is 10.6 Å². The second-order valence-corrected chi connectivity index (χ2v) is 12.6. The molecule has 2 amide bonds. The van der Waals surface area contributed by atoms with Crippen LogP contribution < -0.4 is 9.62 Å². The normalized spacial score (nSPS) is 12.2. The molecule has 0 saturated heterocycles. The van der Waals surface area contributed by atoms with Gasteiger partial charge in [-0.05, 0) is 75.6 Å². The van der Waals surface area contributed by atoms with Crippen molar-refractivity contribution in [2.75, 3.05) is 10.8 Å². The lowest BCUT2D eigenvalue weighted by molar-refractivity contribution is -0.140. The highest BCUT2D eigenvalue weighted by molar-refractivity contribution is 9.10. The molecule has 7 nitrogen and oxygen atoms in total. The number of amides is 2. The van der Waals surface area contributed by atoms with Crippen LogP contribution in [0.4, 0.5) is 5.69 Å². The van der Waals surface area contributed by atoms with Gasteiger partial charge in [0.1, 0.15) is 12.6 Å². The van der Waals surface area contributed by atoms with Crippen molar-refractivity contribution in [2.45, 2.75) is 64.6 Å². The summed E-state index contributed by atoms with van der Waals surface area (Å²) in [5, 5.41) is 2.91. The molecule has 0 heterocycles. The molecule has 0 bridgehead atoms. The van der Waals surface area contributed by atoms with Gasteiger partial charge in [-0.3, -0.25) is 13.9 Å². The van der Waals surface area contributed by atoms with E-state index in [2.05, 4.69) is 21.2 Å². The second-order valence-electron chi connectivity index (χ2n) is 9.84. The van der Waals surface area contributed by atoms with Gasteiger partial charge in [-0.25, -0.2) is 8.42 Å². The minimum Gasteiger partial charge on any atom is -0.352 e. The van der Waals surface area contributed by atoms with Crippen LogP contribution in [0.25, 0.3) is 0 Å². The van der Waals surface area contributed by atoms with Crippen LogP contribution in [0.15, 0.2) is 82.2 Å². The number of carbonyl (C=O) groups is 2. The van der Waals surface area contributed by atoms with Crippen molar-refractivity contribution in [2.24, 2.45) is 0 Å². The van der Waals surface area contributed by atoms with Crippen LogP contribution in [0.2, 0.25) is 0 Å². The fraction of sp³-hybridized carbons (Fsp3) is 0.333. The van der Waals surface area contributed by atoms with Crippen LogP contribution in [0.5, 0.6) is 0 Å². The third kappa shape index (κ3) is 7.70. The summed E-state index contributed by atoms with van der Waals surface area (Å²) in [5.41, 5.74) is 3.13. The first-order chi connectivity index (χ1) is 18.4. The number of aryl methyl sites for hydroxylation is 2. The Bertz CT molecular complexity index is 1410. The van der Waals surface area contributed by atoms with Gasteiger partial charge in [0.25, 0.3) is 10.0 Å². The van der Waals surface area contributed by atoms with Gasteiger partial charge in [0, 0.05) is 17.1 Å². The molecule has 0 saturated carbocycles. The zero-order chi connectivity index (χ0) is 28.7. The number of hydrogen-bond donors (Lipinski definition) is 1. The molecule has 0 aliphatic heterocycles. The average Bonchev–Trinajstić information content (AvgIpc) is 2.87. The Hall–Kier alpha value is -3.17. The molecule has 3 aromatic rings. The average molecular weight is 615 g/mol. The molecular weight excluding hydrogens is 578 g/mol. The minimum atomic E-state index is -4.10. The van der Waals surface area contributed by atoms with Crippen LogP contribution in [-0.2, 0) is 26.2 Å². The summed E-state index contributed by atoms with van der Waals surface area (Å²) >= 11 is 3.42. The summed E-state index contributed by atoms with van der Waals surface area (Å²) in [6.45, 7) is 9.10. The monoisotopic (exact) mass is 613 g/mol. The van der Waals surface area contributed by atoms with Crippen molar-refractivity contribution in [3.63, 3.8) is 0 Å². The Balaban J connectivity index is 2.08. The fourth-order valence-corrected chi connectivity index (χ4v) is 6.06. The summed E-state index contributed by atoms with van der Waals surface area (Å²) in [6.07, 6.45) is 0.373. The van der Waals surface area contributed by atoms with E-state index in [1.54, 1.807) is 36.4 Å². The molecule has 39 heavy (non-hydrogen) atoms. The number of sulfonamides is 1. The molecule has 0 radical (unpaired) electrons. The molecule has 0 aliphatic rings. The highest BCUT2D eigenvalue weighted by Crippen LogP contribution is 2.27. The van der Waals surface area contributed by atoms with Gasteiger partial charge in [-0.15, -0.1) is 0 Å². The Morgan fingerprint density at radius 2 is 1.62 bits per heavy atom. The second kappa shape index (κ2) is 13.3. The smallest absolute Gasteiger partial charge is 0.264 e. The van der Waals surface area contributed by atoms with E-state index in [4.69, 9.17) is 0 Å². The van der Waals surface area contributed by atoms with Gasteiger partial charge in [0.15, 0.2) is 0 Å². The van der Waals surface area contributed by atoms with Crippen molar-refractivity contribution in [1.82, 2.24) is 10.2 Å². The third-order valence-corrected chi connectivity index (χ3v) is 8.68. The topological polar surface area (TPSA) is 86.8 Å². The predicted octanol–water partition coefficient (Wildman–Crippen LogP) is 5.59. The largest absolute Gasteiger partial charge is 0.352 e. The maximum Gasteiger partial charge on any atom is 0.264 e. The molecule has 0 aromatic heterocycles. The van der Waals surface area contributed by atoms with Gasteiger partial charge < -0.3 is 10.2 Å². The van der Waals surface area contributed by atoms with E-state index in [1.165, 1.54) is 17.0 Å². The molecule has 0 fully saturated rings. The summed E-state index contributed by atoms with van der Waals surface area (Å²) < 4.78 is 29.6. The number of benzene rings is 3. The molecule has 9 heteroatoms. The molecule has 0 aliphatic carbocycles. The number of nitrogens with one attached hydrogen (secondary N) is 1.